The number of methoxy groups -OCH3 is 2. The van der Waals surface area contributed by atoms with E-state index in [2.05, 4.69) is 20.4 Å². The van der Waals surface area contributed by atoms with Gasteiger partial charge in [-0.05, 0) is 44.9 Å². The molecule has 4 rings (SSSR count). The molecule has 0 spiro atoms. The lowest BCUT2D eigenvalue weighted by Crippen LogP contribution is -2.41. The van der Waals surface area contributed by atoms with Crippen LogP contribution >= 0.6 is 11.6 Å². The fourth-order valence-electron chi connectivity index (χ4n) is 3.98. The van der Waals surface area contributed by atoms with Crippen LogP contribution in [0.4, 0.5) is 11.6 Å². The van der Waals surface area contributed by atoms with Crippen molar-refractivity contribution in [3.63, 3.8) is 0 Å². The highest BCUT2D eigenvalue weighted by atomic mass is 35.5. The molecule has 1 aliphatic heterocycles. The van der Waals surface area contributed by atoms with Gasteiger partial charge in [0, 0.05) is 29.9 Å². The largest absolute Gasteiger partial charge is 0.495 e. The molecule has 2 aromatic heterocycles. The minimum Gasteiger partial charge on any atom is -0.495 e. The predicted molar refractivity (Wildman–Crippen MR) is 131 cm³/mol. The number of ether oxygens (including phenoxy) is 2. The Morgan fingerprint density at radius 1 is 1.23 bits per heavy atom. The van der Waals surface area contributed by atoms with Crippen molar-refractivity contribution in [1.29, 1.82) is 0 Å². The molecule has 1 saturated heterocycles. The topological polar surface area (TPSA) is 111 Å². The zero-order valence-corrected chi connectivity index (χ0v) is 20.7. The Hall–Kier alpha value is -3.66. The lowest BCUT2D eigenvalue weighted by Gasteiger charge is -2.23. The third kappa shape index (κ3) is 5.07. The van der Waals surface area contributed by atoms with Gasteiger partial charge in [0.2, 0.25) is 5.95 Å². The van der Waals surface area contributed by atoms with Crippen LogP contribution in [0, 0.1) is 0 Å². The molecule has 35 heavy (non-hydrogen) atoms. The van der Waals surface area contributed by atoms with Gasteiger partial charge >= 0.3 is 5.97 Å². The molecule has 184 valence electrons. The number of carbonyl (C=O) groups excluding carboxylic acids is 2. The van der Waals surface area contributed by atoms with Crippen molar-refractivity contribution in [1.82, 2.24) is 24.6 Å². The summed E-state index contributed by atoms with van der Waals surface area (Å²) in [7, 11) is 2.84. The van der Waals surface area contributed by atoms with Gasteiger partial charge in [0.05, 0.1) is 43.0 Å². The Kier molecular flexibility index (Phi) is 7.20. The highest BCUT2D eigenvalue weighted by Crippen LogP contribution is 2.32. The van der Waals surface area contributed by atoms with Crippen LogP contribution in [0.1, 0.15) is 43.1 Å². The van der Waals surface area contributed by atoms with E-state index in [1.54, 1.807) is 29.3 Å². The van der Waals surface area contributed by atoms with Crippen molar-refractivity contribution in [3.05, 3.63) is 47.4 Å². The van der Waals surface area contributed by atoms with Gasteiger partial charge < -0.3 is 19.7 Å². The highest BCUT2D eigenvalue weighted by molar-refractivity contribution is 6.32. The van der Waals surface area contributed by atoms with Crippen molar-refractivity contribution in [3.8, 4) is 17.0 Å². The van der Waals surface area contributed by atoms with Gasteiger partial charge in [-0.3, -0.25) is 9.48 Å². The number of likely N-dealkylation sites (tertiary alicyclic amines) is 1. The molecule has 0 saturated carbocycles. The molecule has 0 aliphatic carbocycles. The number of aromatic nitrogens is 4. The maximum absolute atomic E-state index is 13.1. The van der Waals surface area contributed by atoms with Crippen molar-refractivity contribution >= 4 is 35.1 Å². The molecule has 1 atom stereocenters. The number of amides is 1. The minimum absolute atomic E-state index is 0.205. The molecule has 1 fully saturated rings. The summed E-state index contributed by atoms with van der Waals surface area (Å²) >= 11 is 6.35. The third-order valence-electron chi connectivity index (χ3n) is 5.83. The van der Waals surface area contributed by atoms with Gasteiger partial charge in [0.15, 0.2) is 0 Å². The first-order chi connectivity index (χ1) is 16.8. The quantitative estimate of drug-likeness (QED) is 0.484. The number of anilines is 2. The summed E-state index contributed by atoms with van der Waals surface area (Å²) < 4.78 is 12.2. The summed E-state index contributed by atoms with van der Waals surface area (Å²) in [6.45, 7) is 4.56. The van der Waals surface area contributed by atoms with E-state index in [1.165, 1.54) is 20.4 Å². The van der Waals surface area contributed by atoms with E-state index in [1.807, 2.05) is 24.7 Å². The number of carbonyl (C=O) groups is 2. The van der Waals surface area contributed by atoms with Gasteiger partial charge in [-0.15, -0.1) is 0 Å². The van der Waals surface area contributed by atoms with E-state index in [4.69, 9.17) is 21.1 Å². The van der Waals surface area contributed by atoms with E-state index in [0.29, 0.717) is 46.6 Å². The van der Waals surface area contributed by atoms with Gasteiger partial charge in [0.1, 0.15) is 11.8 Å². The maximum atomic E-state index is 13.1. The molecule has 11 heteroatoms. The molecule has 1 aromatic carbocycles. The Morgan fingerprint density at radius 3 is 2.71 bits per heavy atom. The molecule has 1 amide bonds. The average Bonchev–Trinajstić information content (AvgIpc) is 3.55. The second kappa shape index (κ2) is 10.3. The third-order valence-corrected chi connectivity index (χ3v) is 6.11. The van der Waals surface area contributed by atoms with E-state index < -0.39 is 12.0 Å². The second-order valence-corrected chi connectivity index (χ2v) is 8.82. The molecule has 3 heterocycles. The molecule has 0 unspecified atom stereocenters. The normalized spacial score (nSPS) is 15.4. The monoisotopic (exact) mass is 498 g/mol. The molecule has 3 aromatic rings. The Balaban J connectivity index is 1.57. The fraction of sp³-hybridized carbons (Fsp3) is 0.375. The first-order valence-electron chi connectivity index (χ1n) is 11.2. The summed E-state index contributed by atoms with van der Waals surface area (Å²) in [4.78, 5) is 35.5. The van der Waals surface area contributed by atoms with E-state index >= 15 is 0 Å². The minimum atomic E-state index is -0.572. The Morgan fingerprint density at radius 2 is 2.03 bits per heavy atom. The smallest absolute Gasteiger partial charge is 0.328 e. The zero-order valence-electron chi connectivity index (χ0n) is 20.0. The molecular formula is C24H27ClN6O4. The predicted octanol–water partition coefficient (Wildman–Crippen LogP) is 4.10. The number of hydrogen-bond donors (Lipinski definition) is 1. The lowest BCUT2D eigenvalue weighted by molar-refractivity contribution is -0.145. The first-order valence-corrected chi connectivity index (χ1v) is 11.6. The summed E-state index contributed by atoms with van der Waals surface area (Å²) in [6, 6.07) is 4.64. The van der Waals surface area contributed by atoms with Gasteiger partial charge in [-0.25, -0.2) is 14.8 Å². The summed E-state index contributed by atoms with van der Waals surface area (Å²) in [5, 5.41) is 7.88. The molecule has 1 aliphatic rings. The summed E-state index contributed by atoms with van der Waals surface area (Å²) in [5.74, 6) is 0.0763. The number of rotatable bonds is 7. The highest BCUT2D eigenvalue weighted by Gasteiger charge is 2.35. The van der Waals surface area contributed by atoms with Crippen molar-refractivity contribution in [2.24, 2.45) is 0 Å². The number of nitrogens with one attached hydrogen (secondary N) is 1. The molecule has 0 radical (unpaired) electrons. The van der Waals surface area contributed by atoms with E-state index in [9.17, 15) is 9.59 Å². The number of halogens is 1. The summed E-state index contributed by atoms with van der Waals surface area (Å²) in [6.07, 6.45) is 6.43. The van der Waals surface area contributed by atoms with Crippen LogP contribution < -0.4 is 10.1 Å². The van der Waals surface area contributed by atoms with Gasteiger partial charge in [0.25, 0.3) is 5.91 Å². The molecular weight excluding hydrogens is 472 g/mol. The van der Waals surface area contributed by atoms with Crippen LogP contribution in [0.5, 0.6) is 5.75 Å². The number of hydrogen-bond acceptors (Lipinski definition) is 8. The second-order valence-electron chi connectivity index (χ2n) is 8.41. The lowest BCUT2D eigenvalue weighted by atomic mass is 10.1. The molecule has 1 N–H and O–H groups in total. The molecule has 10 nitrogen and oxygen atoms in total. The maximum Gasteiger partial charge on any atom is 0.328 e. The number of esters is 1. The van der Waals surface area contributed by atoms with Crippen LogP contribution in [-0.2, 0) is 9.53 Å². The van der Waals surface area contributed by atoms with Gasteiger partial charge in [-0.2, -0.15) is 5.10 Å². The van der Waals surface area contributed by atoms with Crippen LogP contribution in [0.2, 0.25) is 5.02 Å². The average molecular weight is 499 g/mol. The van der Waals surface area contributed by atoms with E-state index in [0.717, 1.165) is 12.0 Å². The Bertz CT molecular complexity index is 1240. The van der Waals surface area contributed by atoms with Crippen LogP contribution in [0.3, 0.4) is 0 Å². The van der Waals surface area contributed by atoms with Crippen molar-refractivity contribution in [2.45, 2.75) is 38.8 Å². The van der Waals surface area contributed by atoms with Crippen LogP contribution in [0.15, 0.2) is 36.8 Å². The van der Waals surface area contributed by atoms with Crippen molar-refractivity contribution in [2.75, 3.05) is 26.1 Å². The number of benzene rings is 1. The van der Waals surface area contributed by atoms with Gasteiger partial charge in [-0.1, -0.05) is 11.6 Å². The summed E-state index contributed by atoms with van der Waals surface area (Å²) in [5.41, 5.74) is 2.29. The first kappa shape index (κ1) is 24.5. The van der Waals surface area contributed by atoms with Crippen LogP contribution in [-0.4, -0.2) is 63.3 Å². The molecule has 0 bridgehead atoms. The number of nitrogens with zero attached hydrogens (tertiary/aromatic N) is 5. The fourth-order valence-corrected chi connectivity index (χ4v) is 4.18. The van der Waals surface area contributed by atoms with Crippen LogP contribution in [0.25, 0.3) is 11.3 Å². The van der Waals surface area contributed by atoms with E-state index in [-0.39, 0.29) is 11.9 Å². The van der Waals surface area contributed by atoms with Crippen molar-refractivity contribution < 1.29 is 19.1 Å². The Labute approximate surface area is 208 Å². The zero-order chi connectivity index (χ0) is 25.1. The SMILES string of the molecule is COC(=O)[C@@H]1CCCN1C(=O)c1ccc(Nc2ncc(Cl)c(-c3cnn(C(C)C)c3)n2)c(OC)c1. The standard InChI is InChI=1S/C24H27ClN6O4/c1-14(2)31-13-16(11-27-31)21-17(25)12-26-24(29-21)28-18-8-7-15(10-20(18)34-3)22(32)30-9-5-6-19(30)23(33)35-4/h7-8,10-14,19H,5-6,9H2,1-4H3,(H,26,28,29)/t19-/m0/s1.